The van der Waals surface area contributed by atoms with E-state index in [0.29, 0.717) is 0 Å². The Bertz CT molecular complexity index is 282. The van der Waals surface area contributed by atoms with Crippen molar-refractivity contribution >= 4 is 23.3 Å². The van der Waals surface area contributed by atoms with E-state index in [9.17, 15) is 9.90 Å². The third-order valence-electron chi connectivity index (χ3n) is 3.22. The number of carboxylic acid groups (broad SMARTS) is 1. The SMILES string of the molecule is CN1CCCC1(C(=O)O)C1CSC=N1. The van der Waals surface area contributed by atoms with Gasteiger partial charge in [-0.25, -0.2) is 0 Å². The number of aliphatic carboxylic acids is 1. The summed E-state index contributed by atoms with van der Waals surface area (Å²) in [6.45, 7) is 0.864. The van der Waals surface area contributed by atoms with E-state index in [2.05, 4.69) is 4.99 Å². The van der Waals surface area contributed by atoms with E-state index in [-0.39, 0.29) is 6.04 Å². The zero-order valence-electron chi connectivity index (χ0n) is 8.14. The number of aliphatic imine (C=N–C) groups is 1. The zero-order valence-corrected chi connectivity index (χ0v) is 8.96. The van der Waals surface area contributed by atoms with E-state index in [1.807, 2.05) is 11.9 Å². The molecule has 2 aliphatic heterocycles. The van der Waals surface area contributed by atoms with Gasteiger partial charge in [-0.2, -0.15) is 0 Å². The lowest BCUT2D eigenvalue weighted by Gasteiger charge is -2.35. The molecule has 0 aromatic carbocycles. The first kappa shape index (κ1) is 9.98. The molecule has 78 valence electrons. The van der Waals surface area contributed by atoms with Crippen molar-refractivity contribution in [3.8, 4) is 0 Å². The largest absolute Gasteiger partial charge is 0.480 e. The maximum absolute atomic E-state index is 11.4. The molecule has 5 heteroatoms. The van der Waals surface area contributed by atoms with Crippen LogP contribution >= 0.6 is 11.8 Å². The van der Waals surface area contributed by atoms with Gasteiger partial charge in [0.25, 0.3) is 0 Å². The Morgan fingerprint density at radius 2 is 2.57 bits per heavy atom. The number of rotatable bonds is 2. The first-order chi connectivity index (χ1) is 6.68. The summed E-state index contributed by atoms with van der Waals surface area (Å²) in [5.74, 6) is 0.0820. The highest BCUT2D eigenvalue weighted by molar-refractivity contribution is 8.12. The average molecular weight is 214 g/mol. The van der Waals surface area contributed by atoms with Crippen LogP contribution in [-0.2, 0) is 4.79 Å². The van der Waals surface area contributed by atoms with Crippen molar-refractivity contribution in [2.24, 2.45) is 4.99 Å². The molecule has 14 heavy (non-hydrogen) atoms. The van der Waals surface area contributed by atoms with Gasteiger partial charge in [-0.05, 0) is 26.4 Å². The number of carbonyl (C=O) groups is 1. The monoisotopic (exact) mass is 214 g/mol. The van der Waals surface area contributed by atoms with E-state index in [0.717, 1.165) is 25.1 Å². The Balaban J connectivity index is 2.30. The summed E-state index contributed by atoms with van der Waals surface area (Å²) in [4.78, 5) is 17.6. The topological polar surface area (TPSA) is 52.9 Å². The molecule has 0 amide bonds. The van der Waals surface area contributed by atoms with Crippen LogP contribution < -0.4 is 0 Å². The number of likely N-dealkylation sites (tertiary alicyclic amines) is 1. The van der Waals surface area contributed by atoms with Gasteiger partial charge in [0.2, 0.25) is 0 Å². The molecule has 1 fully saturated rings. The zero-order chi connectivity index (χ0) is 10.2. The highest BCUT2D eigenvalue weighted by Crippen LogP contribution is 2.36. The second kappa shape index (κ2) is 3.55. The first-order valence-electron chi connectivity index (χ1n) is 4.76. The Hall–Kier alpha value is -0.550. The molecule has 1 N–H and O–H groups in total. The average Bonchev–Trinajstić information content (AvgIpc) is 2.72. The van der Waals surface area contributed by atoms with Crippen molar-refractivity contribution in [2.75, 3.05) is 19.3 Å². The fourth-order valence-corrected chi connectivity index (χ4v) is 3.23. The maximum Gasteiger partial charge on any atom is 0.326 e. The number of carboxylic acids is 1. The van der Waals surface area contributed by atoms with Crippen LogP contribution in [-0.4, -0.2) is 52.4 Å². The molecular formula is C9H14N2O2S. The van der Waals surface area contributed by atoms with Gasteiger partial charge in [-0.15, -0.1) is 11.8 Å². The molecule has 2 heterocycles. The summed E-state index contributed by atoms with van der Waals surface area (Å²) < 4.78 is 0. The van der Waals surface area contributed by atoms with E-state index in [1.165, 1.54) is 0 Å². The Morgan fingerprint density at radius 3 is 3.00 bits per heavy atom. The lowest BCUT2D eigenvalue weighted by Crippen LogP contribution is -2.56. The lowest BCUT2D eigenvalue weighted by molar-refractivity contribution is -0.149. The van der Waals surface area contributed by atoms with E-state index < -0.39 is 11.5 Å². The van der Waals surface area contributed by atoms with Gasteiger partial charge >= 0.3 is 5.97 Å². The molecule has 2 rings (SSSR count). The number of likely N-dealkylation sites (N-methyl/N-ethyl adjacent to an activating group) is 1. The molecule has 0 bridgehead atoms. The quantitative estimate of drug-likeness (QED) is 0.734. The predicted octanol–water partition coefficient (Wildman–Crippen LogP) is 0.679. The molecule has 0 saturated carbocycles. The van der Waals surface area contributed by atoms with Gasteiger partial charge < -0.3 is 5.11 Å². The molecule has 0 spiro atoms. The summed E-state index contributed by atoms with van der Waals surface area (Å²) in [6, 6.07) is -0.0718. The van der Waals surface area contributed by atoms with Crippen molar-refractivity contribution in [1.82, 2.24) is 4.90 Å². The minimum Gasteiger partial charge on any atom is -0.480 e. The van der Waals surface area contributed by atoms with Crippen LogP contribution in [0.4, 0.5) is 0 Å². The van der Waals surface area contributed by atoms with E-state index in [4.69, 9.17) is 0 Å². The number of thioether (sulfide) groups is 1. The van der Waals surface area contributed by atoms with Crippen molar-refractivity contribution in [3.05, 3.63) is 0 Å². The second-order valence-corrected chi connectivity index (χ2v) is 4.74. The van der Waals surface area contributed by atoms with Crippen molar-refractivity contribution < 1.29 is 9.90 Å². The number of hydrogen-bond acceptors (Lipinski definition) is 4. The van der Waals surface area contributed by atoms with Crippen LogP contribution in [0.25, 0.3) is 0 Å². The highest BCUT2D eigenvalue weighted by atomic mass is 32.2. The smallest absolute Gasteiger partial charge is 0.326 e. The van der Waals surface area contributed by atoms with Gasteiger partial charge in [0.1, 0.15) is 5.54 Å². The highest BCUT2D eigenvalue weighted by Gasteiger charge is 2.52. The summed E-state index contributed by atoms with van der Waals surface area (Å²) in [6.07, 6.45) is 1.68. The first-order valence-corrected chi connectivity index (χ1v) is 5.80. The summed E-state index contributed by atoms with van der Waals surface area (Å²) in [7, 11) is 1.89. The minimum atomic E-state index is -0.736. The van der Waals surface area contributed by atoms with E-state index in [1.54, 1.807) is 17.3 Å². The molecule has 2 aliphatic rings. The van der Waals surface area contributed by atoms with Crippen LogP contribution in [0.1, 0.15) is 12.8 Å². The van der Waals surface area contributed by atoms with Gasteiger partial charge in [-0.1, -0.05) is 0 Å². The van der Waals surface area contributed by atoms with Gasteiger partial charge in [-0.3, -0.25) is 14.7 Å². The molecule has 1 saturated heterocycles. The minimum absolute atomic E-state index is 0.0718. The molecule has 2 atom stereocenters. The molecule has 0 aromatic heterocycles. The normalized spacial score (nSPS) is 37.9. The van der Waals surface area contributed by atoms with Crippen molar-refractivity contribution in [1.29, 1.82) is 0 Å². The fraction of sp³-hybridized carbons (Fsp3) is 0.778. The third kappa shape index (κ3) is 1.26. The third-order valence-corrected chi connectivity index (χ3v) is 4.00. The van der Waals surface area contributed by atoms with Gasteiger partial charge in [0, 0.05) is 5.75 Å². The molecule has 0 aliphatic carbocycles. The van der Waals surface area contributed by atoms with Gasteiger partial charge in [0.05, 0.1) is 11.6 Å². The lowest BCUT2D eigenvalue weighted by atomic mass is 9.89. The molecule has 0 aromatic rings. The van der Waals surface area contributed by atoms with Crippen LogP contribution in [0.15, 0.2) is 4.99 Å². The van der Waals surface area contributed by atoms with Crippen LogP contribution in [0.3, 0.4) is 0 Å². The van der Waals surface area contributed by atoms with E-state index >= 15 is 0 Å². The second-order valence-electron chi connectivity index (χ2n) is 3.86. The van der Waals surface area contributed by atoms with Crippen LogP contribution in [0, 0.1) is 0 Å². The number of nitrogens with zero attached hydrogens (tertiary/aromatic N) is 2. The van der Waals surface area contributed by atoms with Crippen LogP contribution in [0.5, 0.6) is 0 Å². The summed E-state index contributed by atoms with van der Waals surface area (Å²) >= 11 is 1.61. The predicted molar refractivity (Wildman–Crippen MR) is 57.0 cm³/mol. The molecular weight excluding hydrogens is 200 g/mol. The molecule has 2 unspecified atom stereocenters. The van der Waals surface area contributed by atoms with Crippen molar-refractivity contribution in [3.63, 3.8) is 0 Å². The standard InChI is InChI=1S/C9H14N2O2S/c1-11-4-2-3-9(11,8(12)13)7-5-14-6-10-7/h6-7H,2-5H2,1H3,(H,12,13). The Kier molecular flexibility index (Phi) is 2.53. The Labute approximate surface area is 87.4 Å². The Morgan fingerprint density at radius 1 is 1.79 bits per heavy atom. The number of hydrogen-bond donors (Lipinski definition) is 1. The van der Waals surface area contributed by atoms with Crippen molar-refractivity contribution in [2.45, 2.75) is 24.4 Å². The molecule has 4 nitrogen and oxygen atoms in total. The molecule has 0 radical (unpaired) electrons. The van der Waals surface area contributed by atoms with Gasteiger partial charge in [0.15, 0.2) is 0 Å². The van der Waals surface area contributed by atoms with Crippen LogP contribution in [0.2, 0.25) is 0 Å². The fourth-order valence-electron chi connectivity index (χ4n) is 2.36. The maximum atomic E-state index is 11.4. The summed E-state index contributed by atoms with van der Waals surface area (Å²) in [5, 5.41) is 9.37. The summed E-state index contributed by atoms with van der Waals surface area (Å²) in [5.41, 5.74) is 1.04.